The molecular weight excluding hydrogens is 382 g/mol. The quantitative estimate of drug-likeness (QED) is 0.273. The molecule has 5 nitrogen and oxygen atoms in total. The summed E-state index contributed by atoms with van der Waals surface area (Å²) >= 11 is 5.19. The van der Waals surface area contributed by atoms with E-state index in [1.165, 1.54) is 57.8 Å². The fourth-order valence-electron chi connectivity index (χ4n) is 3.18. The average molecular weight is 420 g/mol. The average Bonchev–Trinajstić information content (AvgIpc) is 2.71. The summed E-state index contributed by atoms with van der Waals surface area (Å²) in [4.78, 5) is 23.7. The van der Waals surface area contributed by atoms with Gasteiger partial charge in [0.1, 0.15) is 0 Å². The molecular formula is C23H37N3O2S. The number of rotatable bonds is 14. The minimum atomic E-state index is -0.167. The summed E-state index contributed by atoms with van der Waals surface area (Å²) in [7, 11) is 1.59. The molecule has 1 rings (SSSR count). The van der Waals surface area contributed by atoms with E-state index in [-0.39, 0.29) is 16.9 Å². The molecule has 0 saturated carbocycles. The third-order valence-corrected chi connectivity index (χ3v) is 5.07. The highest BCUT2D eigenvalue weighted by atomic mass is 32.1. The number of thiocarbonyl (C=S) groups is 1. The van der Waals surface area contributed by atoms with Gasteiger partial charge in [-0.1, -0.05) is 77.2 Å². The first-order valence-corrected chi connectivity index (χ1v) is 11.4. The van der Waals surface area contributed by atoms with Crippen molar-refractivity contribution in [3.63, 3.8) is 0 Å². The van der Waals surface area contributed by atoms with Crippen molar-refractivity contribution in [3.8, 4) is 0 Å². The zero-order valence-corrected chi connectivity index (χ0v) is 18.8. The van der Waals surface area contributed by atoms with E-state index in [1.54, 1.807) is 31.3 Å². The van der Waals surface area contributed by atoms with Crippen LogP contribution in [0.1, 0.15) is 94.3 Å². The molecule has 0 heterocycles. The Labute approximate surface area is 181 Å². The smallest absolute Gasteiger partial charge is 0.251 e. The molecule has 0 aliphatic heterocycles. The zero-order valence-electron chi connectivity index (χ0n) is 18.0. The van der Waals surface area contributed by atoms with E-state index in [2.05, 4.69) is 22.9 Å². The number of hydrogen-bond acceptors (Lipinski definition) is 3. The van der Waals surface area contributed by atoms with Crippen LogP contribution < -0.4 is 16.0 Å². The molecule has 0 spiro atoms. The molecule has 0 fully saturated rings. The Hall–Kier alpha value is -1.95. The van der Waals surface area contributed by atoms with Crippen molar-refractivity contribution in [1.29, 1.82) is 0 Å². The second-order valence-electron chi connectivity index (χ2n) is 7.45. The van der Waals surface area contributed by atoms with E-state index >= 15 is 0 Å². The predicted octanol–water partition coefficient (Wildman–Crippen LogP) is 5.56. The van der Waals surface area contributed by atoms with E-state index in [0.29, 0.717) is 17.7 Å². The van der Waals surface area contributed by atoms with Crippen molar-refractivity contribution in [2.45, 2.75) is 84.0 Å². The van der Waals surface area contributed by atoms with E-state index in [0.717, 1.165) is 12.8 Å². The zero-order chi connectivity index (χ0) is 21.3. The number of amides is 2. The molecule has 162 valence electrons. The highest BCUT2D eigenvalue weighted by molar-refractivity contribution is 7.80. The summed E-state index contributed by atoms with van der Waals surface area (Å²) in [6.07, 6.45) is 14.3. The molecule has 0 bridgehead atoms. The Morgan fingerprint density at radius 3 is 2.07 bits per heavy atom. The molecule has 0 unspecified atom stereocenters. The SMILES string of the molecule is CCCCCCCCCCCCCC(=O)NC(=S)Nc1cccc(C(=O)NC)c1. The van der Waals surface area contributed by atoms with E-state index in [1.807, 2.05) is 0 Å². The van der Waals surface area contributed by atoms with Crippen LogP contribution in [0, 0.1) is 0 Å². The van der Waals surface area contributed by atoms with Gasteiger partial charge in [-0.3, -0.25) is 9.59 Å². The summed E-state index contributed by atoms with van der Waals surface area (Å²) in [5, 5.41) is 8.50. The molecule has 1 aromatic rings. The molecule has 1 aromatic carbocycles. The summed E-state index contributed by atoms with van der Waals surface area (Å²) in [5.74, 6) is -0.235. The lowest BCUT2D eigenvalue weighted by atomic mass is 10.1. The Balaban J connectivity index is 2.10. The van der Waals surface area contributed by atoms with Crippen molar-refractivity contribution in [1.82, 2.24) is 10.6 Å². The van der Waals surface area contributed by atoms with Gasteiger partial charge in [0.05, 0.1) is 0 Å². The molecule has 0 saturated heterocycles. The summed E-state index contributed by atoms with van der Waals surface area (Å²) < 4.78 is 0. The van der Waals surface area contributed by atoms with Gasteiger partial charge in [0.15, 0.2) is 5.11 Å². The van der Waals surface area contributed by atoms with Gasteiger partial charge in [-0.15, -0.1) is 0 Å². The molecule has 6 heteroatoms. The van der Waals surface area contributed by atoms with Crippen LogP contribution in [0.4, 0.5) is 5.69 Å². The second-order valence-corrected chi connectivity index (χ2v) is 7.86. The largest absolute Gasteiger partial charge is 0.355 e. The second kappa shape index (κ2) is 15.9. The van der Waals surface area contributed by atoms with Gasteiger partial charge in [-0.2, -0.15) is 0 Å². The summed E-state index contributed by atoms with van der Waals surface area (Å²) in [5.41, 5.74) is 1.21. The molecule has 0 aromatic heterocycles. The molecule has 0 aliphatic carbocycles. The van der Waals surface area contributed by atoms with Crippen LogP contribution in [-0.4, -0.2) is 24.0 Å². The van der Waals surface area contributed by atoms with Crippen LogP contribution in [0.25, 0.3) is 0 Å². The first-order valence-electron chi connectivity index (χ1n) is 11.0. The number of carbonyl (C=O) groups excluding carboxylic acids is 2. The molecule has 2 amide bonds. The van der Waals surface area contributed by atoms with Gasteiger partial charge in [0, 0.05) is 24.7 Å². The van der Waals surface area contributed by atoms with Crippen LogP contribution in [0.2, 0.25) is 0 Å². The van der Waals surface area contributed by atoms with Crippen molar-refractivity contribution >= 4 is 34.8 Å². The van der Waals surface area contributed by atoms with Gasteiger partial charge in [-0.05, 0) is 36.8 Å². The summed E-state index contributed by atoms with van der Waals surface area (Å²) in [6, 6.07) is 6.98. The molecule has 0 aliphatic rings. The van der Waals surface area contributed by atoms with E-state index in [9.17, 15) is 9.59 Å². The number of nitrogens with one attached hydrogen (secondary N) is 3. The van der Waals surface area contributed by atoms with Gasteiger partial charge < -0.3 is 16.0 Å². The third kappa shape index (κ3) is 12.3. The molecule has 3 N–H and O–H groups in total. The van der Waals surface area contributed by atoms with Crippen LogP contribution >= 0.6 is 12.2 Å². The minimum Gasteiger partial charge on any atom is -0.355 e. The maximum Gasteiger partial charge on any atom is 0.251 e. The normalized spacial score (nSPS) is 10.4. The Bertz CT molecular complexity index is 634. The van der Waals surface area contributed by atoms with E-state index in [4.69, 9.17) is 12.2 Å². The lowest BCUT2D eigenvalue weighted by molar-refractivity contribution is -0.119. The Morgan fingerprint density at radius 2 is 1.48 bits per heavy atom. The first-order chi connectivity index (χ1) is 14.1. The van der Waals surface area contributed by atoms with Crippen molar-refractivity contribution < 1.29 is 9.59 Å². The molecule has 29 heavy (non-hydrogen) atoms. The van der Waals surface area contributed by atoms with Gasteiger partial charge in [-0.25, -0.2) is 0 Å². The van der Waals surface area contributed by atoms with Crippen LogP contribution in [0.15, 0.2) is 24.3 Å². The lowest BCUT2D eigenvalue weighted by Crippen LogP contribution is -2.34. The number of carbonyl (C=O) groups is 2. The number of benzene rings is 1. The van der Waals surface area contributed by atoms with Crippen LogP contribution in [-0.2, 0) is 4.79 Å². The van der Waals surface area contributed by atoms with Gasteiger partial charge >= 0.3 is 0 Å². The van der Waals surface area contributed by atoms with Gasteiger partial charge in [0.25, 0.3) is 5.91 Å². The van der Waals surface area contributed by atoms with E-state index < -0.39 is 0 Å². The fraction of sp³-hybridized carbons (Fsp3) is 0.609. The Morgan fingerprint density at radius 1 is 0.897 bits per heavy atom. The highest BCUT2D eigenvalue weighted by Crippen LogP contribution is 2.12. The topological polar surface area (TPSA) is 70.2 Å². The first kappa shape index (κ1) is 25.1. The maximum atomic E-state index is 12.0. The monoisotopic (exact) mass is 419 g/mol. The number of anilines is 1. The third-order valence-electron chi connectivity index (χ3n) is 4.87. The summed E-state index contributed by atoms with van der Waals surface area (Å²) in [6.45, 7) is 2.25. The number of hydrogen-bond donors (Lipinski definition) is 3. The van der Waals surface area contributed by atoms with Crippen LogP contribution in [0.5, 0.6) is 0 Å². The van der Waals surface area contributed by atoms with Gasteiger partial charge in [0.2, 0.25) is 5.91 Å². The van der Waals surface area contributed by atoms with Crippen LogP contribution in [0.3, 0.4) is 0 Å². The Kier molecular flexibility index (Phi) is 13.8. The lowest BCUT2D eigenvalue weighted by Gasteiger charge is -2.10. The fourth-order valence-corrected chi connectivity index (χ4v) is 3.42. The van der Waals surface area contributed by atoms with Crippen molar-refractivity contribution in [2.24, 2.45) is 0 Å². The highest BCUT2D eigenvalue weighted by Gasteiger charge is 2.07. The van der Waals surface area contributed by atoms with Crippen molar-refractivity contribution in [2.75, 3.05) is 12.4 Å². The number of unbranched alkanes of at least 4 members (excludes halogenated alkanes) is 10. The molecule has 0 radical (unpaired) electrons. The minimum absolute atomic E-state index is 0.0686. The van der Waals surface area contributed by atoms with Crippen molar-refractivity contribution in [3.05, 3.63) is 29.8 Å². The standard InChI is InChI=1S/C23H37N3O2S/c1-3-4-5-6-7-8-9-10-11-12-13-17-21(27)26-23(29)25-20-16-14-15-19(18-20)22(28)24-2/h14-16,18H,3-13,17H2,1-2H3,(H,24,28)(H2,25,26,27,29). The molecule has 0 atom stereocenters. The maximum absolute atomic E-state index is 12.0. The predicted molar refractivity (Wildman–Crippen MR) is 125 cm³/mol.